The fourth-order valence-electron chi connectivity index (χ4n) is 3.95. The molecule has 3 aromatic rings. The number of hydrogen-bond acceptors (Lipinski definition) is 5. The monoisotopic (exact) mass is 439 g/mol. The van der Waals surface area contributed by atoms with Gasteiger partial charge in [0.15, 0.2) is 5.69 Å². The van der Waals surface area contributed by atoms with Crippen LogP contribution in [-0.4, -0.2) is 44.7 Å². The molecule has 0 fully saturated rings. The second-order valence-electron chi connectivity index (χ2n) is 8.05. The van der Waals surface area contributed by atoms with Gasteiger partial charge in [-0.25, -0.2) is 4.39 Å². The van der Waals surface area contributed by atoms with Crippen molar-refractivity contribution in [3.05, 3.63) is 70.6 Å². The Morgan fingerprint density at radius 3 is 2.78 bits per heavy atom. The summed E-state index contributed by atoms with van der Waals surface area (Å²) in [5.41, 5.74) is 2.70. The quantitative estimate of drug-likeness (QED) is 0.611. The van der Waals surface area contributed by atoms with Crippen molar-refractivity contribution in [1.82, 2.24) is 25.2 Å². The predicted octanol–water partition coefficient (Wildman–Crippen LogP) is 2.60. The summed E-state index contributed by atoms with van der Waals surface area (Å²) < 4.78 is 20.0. The molecule has 168 valence electrons. The average molecular weight is 439 g/mol. The van der Waals surface area contributed by atoms with Gasteiger partial charge in [-0.1, -0.05) is 24.2 Å². The van der Waals surface area contributed by atoms with Crippen LogP contribution < -0.4 is 5.32 Å². The highest BCUT2D eigenvalue weighted by Gasteiger charge is 2.36. The summed E-state index contributed by atoms with van der Waals surface area (Å²) in [6.07, 6.45) is 4.02. The number of nitrogens with one attached hydrogen (secondary N) is 1. The summed E-state index contributed by atoms with van der Waals surface area (Å²) in [6.45, 7) is 3.00. The highest BCUT2D eigenvalue weighted by atomic mass is 19.1. The second-order valence-corrected chi connectivity index (χ2v) is 8.05. The van der Waals surface area contributed by atoms with Crippen molar-refractivity contribution in [2.75, 3.05) is 13.1 Å². The Kier molecular flexibility index (Phi) is 6.34. The van der Waals surface area contributed by atoms with Crippen LogP contribution >= 0.6 is 0 Å². The molecule has 0 radical (unpaired) electrons. The fourth-order valence-corrected chi connectivity index (χ4v) is 3.95. The van der Waals surface area contributed by atoms with Crippen molar-refractivity contribution in [1.29, 1.82) is 0 Å². The second kappa shape index (κ2) is 9.33. The van der Waals surface area contributed by atoms with E-state index in [1.807, 2.05) is 13.1 Å². The number of nitrogens with zero attached hydrogens (tertiary/aromatic N) is 4. The normalized spacial score (nSPS) is 15.5. The molecule has 0 unspecified atom stereocenters. The molecule has 1 aliphatic rings. The van der Waals surface area contributed by atoms with E-state index in [0.717, 1.165) is 17.5 Å². The van der Waals surface area contributed by atoms with Gasteiger partial charge in [-0.2, -0.15) is 5.10 Å². The van der Waals surface area contributed by atoms with Crippen LogP contribution in [0, 0.1) is 5.82 Å². The highest BCUT2D eigenvalue weighted by molar-refractivity contribution is 5.93. The van der Waals surface area contributed by atoms with Crippen LogP contribution in [-0.2, 0) is 31.2 Å². The first-order valence-corrected chi connectivity index (χ1v) is 10.7. The molecule has 0 aliphatic carbocycles. The Hall–Kier alpha value is -3.49. The van der Waals surface area contributed by atoms with E-state index in [9.17, 15) is 14.0 Å². The van der Waals surface area contributed by atoms with Crippen LogP contribution in [0.4, 0.5) is 4.39 Å². The summed E-state index contributed by atoms with van der Waals surface area (Å²) in [7, 11) is 1.79. The molecule has 1 N–H and O–H groups in total. The molecule has 0 saturated heterocycles. The van der Waals surface area contributed by atoms with Crippen LogP contribution in [0.15, 0.2) is 41.1 Å². The molecule has 0 saturated carbocycles. The minimum atomic E-state index is -0.584. The standard InChI is InChI=1S/C23H26FN5O3/c1-3-4-18-11-20(27-32-18)23(31)29-13-16-12-28(2)26-21(16)19(14-29)22(30)25-10-9-15-5-7-17(24)8-6-15/h5-8,11-12,19H,3-4,9-10,13-14H2,1-2H3,(H,25,30)/t19-/m0/s1. The zero-order chi connectivity index (χ0) is 22.7. The lowest BCUT2D eigenvalue weighted by atomic mass is 9.95. The number of carbonyl (C=O) groups excluding carboxylic acids is 2. The number of fused-ring (bicyclic) bond motifs is 1. The topological polar surface area (TPSA) is 93.3 Å². The average Bonchev–Trinajstić information content (AvgIpc) is 3.39. The summed E-state index contributed by atoms with van der Waals surface area (Å²) in [6, 6.07) is 7.87. The zero-order valence-electron chi connectivity index (χ0n) is 18.2. The Bertz CT molecular complexity index is 1110. The minimum absolute atomic E-state index is 0.198. The van der Waals surface area contributed by atoms with Crippen LogP contribution in [0.2, 0.25) is 0 Å². The molecule has 0 spiro atoms. The number of benzene rings is 1. The number of rotatable bonds is 7. The Balaban J connectivity index is 1.45. The third kappa shape index (κ3) is 4.71. The van der Waals surface area contributed by atoms with Crippen molar-refractivity contribution < 1.29 is 18.5 Å². The molecule has 2 aromatic heterocycles. The van der Waals surface area contributed by atoms with Gasteiger partial charge in [0, 0.05) is 50.9 Å². The number of aromatic nitrogens is 3. The molecule has 9 heteroatoms. The van der Waals surface area contributed by atoms with Crippen molar-refractivity contribution >= 4 is 11.8 Å². The van der Waals surface area contributed by atoms with E-state index >= 15 is 0 Å². The molecule has 32 heavy (non-hydrogen) atoms. The molecule has 8 nitrogen and oxygen atoms in total. The van der Waals surface area contributed by atoms with Crippen molar-refractivity contribution in [2.24, 2.45) is 7.05 Å². The highest BCUT2D eigenvalue weighted by Crippen LogP contribution is 2.28. The SMILES string of the molecule is CCCc1cc(C(=O)N2Cc3cn(C)nc3[C@@H](C(=O)NCCc3ccc(F)cc3)C2)no1. The van der Waals surface area contributed by atoms with Gasteiger partial charge in [0.05, 0.1) is 11.6 Å². The Labute approximate surface area is 185 Å². The molecule has 3 heterocycles. The number of carbonyl (C=O) groups is 2. The van der Waals surface area contributed by atoms with E-state index in [4.69, 9.17) is 4.52 Å². The molecule has 1 aliphatic heterocycles. The van der Waals surface area contributed by atoms with E-state index in [1.165, 1.54) is 12.1 Å². The first kappa shape index (κ1) is 21.7. The van der Waals surface area contributed by atoms with E-state index in [2.05, 4.69) is 15.6 Å². The Morgan fingerprint density at radius 1 is 1.25 bits per heavy atom. The van der Waals surface area contributed by atoms with Gasteiger partial charge in [-0.15, -0.1) is 0 Å². The van der Waals surface area contributed by atoms with Crippen molar-refractivity contribution in [2.45, 2.75) is 38.6 Å². The molecule has 4 rings (SSSR count). The number of aryl methyl sites for hydroxylation is 2. The smallest absolute Gasteiger partial charge is 0.276 e. The third-order valence-electron chi connectivity index (χ3n) is 5.54. The summed E-state index contributed by atoms with van der Waals surface area (Å²) in [5, 5.41) is 11.3. The molecule has 1 atom stereocenters. The van der Waals surface area contributed by atoms with Crippen LogP contribution in [0.3, 0.4) is 0 Å². The molecule has 0 bridgehead atoms. The van der Waals surface area contributed by atoms with E-state index in [-0.39, 0.29) is 29.9 Å². The van der Waals surface area contributed by atoms with Gasteiger partial charge in [0.25, 0.3) is 5.91 Å². The van der Waals surface area contributed by atoms with Crippen LogP contribution in [0.5, 0.6) is 0 Å². The van der Waals surface area contributed by atoms with E-state index < -0.39 is 5.92 Å². The number of halogens is 1. The lowest BCUT2D eigenvalue weighted by molar-refractivity contribution is -0.123. The van der Waals surface area contributed by atoms with Gasteiger partial charge in [-0.05, 0) is 30.5 Å². The maximum Gasteiger partial charge on any atom is 0.276 e. The Morgan fingerprint density at radius 2 is 2.03 bits per heavy atom. The number of amides is 2. The van der Waals surface area contributed by atoms with Crippen LogP contribution in [0.25, 0.3) is 0 Å². The molecular weight excluding hydrogens is 413 g/mol. The number of hydrogen-bond donors (Lipinski definition) is 1. The maximum atomic E-state index is 13.1. The largest absolute Gasteiger partial charge is 0.361 e. The summed E-state index contributed by atoms with van der Waals surface area (Å²) in [5.74, 6) is -0.670. The summed E-state index contributed by atoms with van der Waals surface area (Å²) in [4.78, 5) is 27.7. The maximum absolute atomic E-state index is 13.1. The third-order valence-corrected chi connectivity index (χ3v) is 5.54. The summed E-state index contributed by atoms with van der Waals surface area (Å²) >= 11 is 0. The lowest BCUT2D eigenvalue weighted by Crippen LogP contribution is -2.44. The van der Waals surface area contributed by atoms with E-state index in [1.54, 1.807) is 34.8 Å². The predicted molar refractivity (Wildman–Crippen MR) is 114 cm³/mol. The van der Waals surface area contributed by atoms with Crippen molar-refractivity contribution in [3.8, 4) is 0 Å². The van der Waals surface area contributed by atoms with Gasteiger partial charge in [0.2, 0.25) is 5.91 Å². The zero-order valence-corrected chi connectivity index (χ0v) is 18.2. The first-order chi connectivity index (χ1) is 15.4. The molecule has 1 aromatic carbocycles. The van der Waals surface area contributed by atoms with Gasteiger partial charge >= 0.3 is 0 Å². The molecular formula is C23H26FN5O3. The van der Waals surface area contributed by atoms with Gasteiger partial charge < -0.3 is 14.7 Å². The van der Waals surface area contributed by atoms with E-state index in [0.29, 0.717) is 37.4 Å². The first-order valence-electron chi connectivity index (χ1n) is 10.7. The minimum Gasteiger partial charge on any atom is -0.361 e. The van der Waals surface area contributed by atoms with Gasteiger partial charge in [0.1, 0.15) is 11.6 Å². The van der Waals surface area contributed by atoms with Gasteiger partial charge in [-0.3, -0.25) is 14.3 Å². The fraction of sp³-hybridized carbons (Fsp3) is 0.391. The lowest BCUT2D eigenvalue weighted by Gasteiger charge is -2.30. The molecule has 2 amide bonds. The van der Waals surface area contributed by atoms with Crippen LogP contribution in [0.1, 0.15) is 52.3 Å². The van der Waals surface area contributed by atoms with Crippen molar-refractivity contribution in [3.63, 3.8) is 0 Å².